The molecule has 2 aromatic carbocycles. The van der Waals surface area contributed by atoms with Crippen molar-refractivity contribution in [3.8, 4) is 11.5 Å². The van der Waals surface area contributed by atoms with Crippen molar-refractivity contribution in [3.63, 3.8) is 0 Å². The number of ether oxygens (including phenoxy) is 2. The maximum Gasteiger partial charge on any atom is 0.255 e. The molecule has 0 saturated carbocycles. The SMILES string of the molecule is C=C(C)COc1ccc(C(=O)Nc2cccc(OCCCCCCC)c2)cc1. The molecule has 28 heavy (non-hydrogen) atoms. The zero-order valence-corrected chi connectivity index (χ0v) is 17.0. The highest BCUT2D eigenvalue weighted by Gasteiger charge is 2.07. The van der Waals surface area contributed by atoms with E-state index in [2.05, 4.69) is 18.8 Å². The Hall–Kier alpha value is -2.75. The van der Waals surface area contributed by atoms with Gasteiger partial charge >= 0.3 is 0 Å². The van der Waals surface area contributed by atoms with Crippen LogP contribution in [0.2, 0.25) is 0 Å². The number of amides is 1. The molecule has 150 valence electrons. The molecule has 4 nitrogen and oxygen atoms in total. The predicted molar refractivity (Wildman–Crippen MR) is 115 cm³/mol. The van der Waals surface area contributed by atoms with Crippen LogP contribution >= 0.6 is 0 Å². The number of anilines is 1. The Kier molecular flexibility index (Phi) is 9.13. The summed E-state index contributed by atoms with van der Waals surface area (Å²) in [6.07, 6.45) is 6.02. The molecule has 0 aliphatic heterocycles. The summed E-state index contributed by atoms with van der Waals surface area (Å²) in [6.45, 7) is 9.10. The van der Waals surface area contributed by atoms with Gasteiger partial charge in [0.15, 0.2) is 0 Å². The molecule has 0 aromatic heterocycles. The maximum atomic E-state index is 12.5. The number of rotatable bonds is 12. The number of hydrogen-bond donors (Lipinski definition) is 1. The second-order valence-corrected chi connectivity index (χ2v) is 7.01. The summed E-state index contributed by atoms with van der Waals surface area (Å²) >= 11 is 0. The Bertz CT molecular complexity index is 753. The Morgan fingerprint density at radius 3 is 2.43 bits per heavy atom. The van der Waals surface area contributed by atoms with Crippen molar-refractivity contribution in [1.82, 2.24) is 0 Å². The van der Waals surface area contributed by atoms with Crippen molar-refractivity contribution in [3.05, 3.63) is 66.2 Å². The Balaban J connectivity index is 1.83. The molecule has 2 rings (SSSR count). The van der Waals surface area contributed by atoms with Gasteiger partial charge < -0.3 is 14.8 Å². The average molecular weight is 382 g/mol. The van der Waals surface area contributed by atoms with Gasteiger partial charge in [0.2, 0.25) is 0 Å². The monoisotopic (exact) mass is 381 g/mol. The van der Waals surface area contributed by atoms with Crippen LogP contribution in [-0.2, 0) is 0 Å². The van der Waals surface area contributed by atoms with Gasteiger partial charge in [0.05, 0.1) is 6.61 Å². The normalized spacial score (nSPS) is 10.4. The van der Waals surface area contributed by atoms with Crippen molar-refractivity contribution in [1.29, 1.82) is 0 Å². The summed E-state index contributed by atoms with van der Waals surface area (Å²) in [4.78, 5) is 12.5. The van der Waals surface area contributed by atoms with E-state index in [1.54, 1.807) is 24.3 Å². The lowest BCUT2D eigenvalue weighted by Crippen LogP contribution is -2.12. The predicted octanol–water partition coefficient (Wildman–Crippen LogP) is 6.24. The van der Waals surface area contributed by atoms with Gasteiger partial charge in [-0.15, -0.1) is 0 Å². The summed E-state index contributed by atoms with van der Waals surface area (Å²) in [7, 11) is 0. The van der Waals surface area contributed by atoms with Crippen LogP contribution in [0.5, 0.6) is 11.5 Å². The molecule has 0 heterocycles. The Morgan fingerprint density at radius 2 is 1.71 bits per heavy atom. The first-order chi connectivity index (χ1) is 13.6. The van der Waals surface area contributed by atoms with Gasteiger partial charge in [-0.05, 0) is 55.3 Å². The Morgan fingerprint density at radius 1 is 0.964 bits per heavy atom. The fraction of sp³-hybridized carbons (Fsp3) is 0.375. The van der Waals surface area contributed by atoms with Gasteiger partial charge in [0.25, 0.3) is 5.91 Å². The number of carbonyl (C=O) groups is 1. The molecule has 0 unspecified atom stereocenters. The van der Waals surface area contributed by atoms with Gasteiger partial charge in [-0.2, -0.15) is 0 Å². The van der Waals surface area contributed by atoms with Crippen molar-refractivity contribution >= 4 is 11.6 Å². The van der Waals surface area contributed by atoms with Crippen LogP contribution in [0.4, 0.5) is 5.69 Å². The lowest BCUT2D eigenvalue weighted by atomic mass is 10.2. The summed E-state index contributed by atoms with van der Waals surface area (Å²) in [5.74, 6) is 1.33. The molecule has 0 atom stereocenters. The molecular formula is C24H31NO3. The minimum Gasteiger partial charge on any atom is -0.494 e. The molecule has 0 aliphatic rings. The molecule has 0 radical (unpaired) electrons. The van der Waals surface area contributed by atoms with E-state index in [-0.39, 0.29) is 5.91 Å². The number of benzene rings is 2. The van der Waals surface area contributed by atoms with Crippen molar-refractivity contribution in [2.45, 2.75) is 46.0 Å². The van der Waals surface area contributed by atoms with Crippen molar-refractivity contribution < 1.29 is 14.3 Å². The lowest BCUT2D eigenvalue weighted by Gasteiger charge is -2.10. The molecule has 1 amide bonds. The fourth-order valence-corrected chi connectivity index (χ4v) is 2.67. The number of hydrogen-bond acceptors (Lipinski definition) is 3. The van der Waals surface area contributed by atoms with Crippen molar-refractivity contribution in [2.75, 3.05) is 18.5 Å². The summed E-state index contributed by atoms with van der Waals surface area (Å²) in [6, 6.07) is 14.6. The Labute approximate surface area is 168 Å². The van der Waals surface area contributed by atoms with E-state index in [1.165, 1.54) is 25.7 Å². The van der Waals surface area contributed by atoms with Crippen LogP contribution in [-0.4, -0.2) is 19.1 Å². The zero-order valence-electron chi connectivity index (χ0n) is 17.0. The summed E-state index contributed by atoms with van der Waals surface area (Å²) < 4.78 is 11.4. The van der Waals surface area contributed by atoms with E-state index >= 15 is 0 Å². The van der Waals surface area contributed by atoms with Crippen molar-refractivity contribution in [2.24, 2.45) is 0 Å². The van der Waals surface area contributed by atoms with Gasteiger partial charge in [-0.3, -0.25) is 4.79 Å². The first-order valence-electron chi connectivity index (χ1n) is 10.00. The second-order valence-electron chi connectivity index (χ2n) is 7.01. The molecule has 0 bridgehead atoms. The molecular weight excluding hydrogens is 350 g/mol. The maximum absolute atomic E-state index is 12.5. The first-order valence-corrected chi connectivity index (χ1v) is 10.00. The third-order valence-electron chi connectivity index (χ3n) is 4.21. The molecule has 4 heteroatoms. The second kappa shape index (κ2) is 11.9. The zero-order chi connectivity index (χ0) is 20.2. The van der Waals surface area contributed by atoms with E-state index < -0.39 is 0 Å². The standard InChI is InChI=1S/C24H31NO3/c1-4-5-6-7-8-16-27-23-11-9-10-21(17-23)25-24(26)20-12-14-22(15-13-20)28-18-19(2)3/h9-15,17H,2,4-8,16,18H2,1,3H3,(H,25,26). The highest BCUT2D eigenvalue weighted by atomic mass is 16.5. The molecule has 1 N–H and O–H groups in total. The minimum atomic E-state index is -0.164. The highest BCUT2D eigenvalue weighted by molar-refractivity contribution is 6.04. The van der Waals surface area contributed by atoms with E-state index in [4.69, 9.17) is 9.47 Å². The largest absolute Gasteiger partial charge is 0.494 e. The summed E-state index contributed by atoms with van der Waals surface area (Å²) in [5, 5.41) is 2.91. The fourth-order valence-electron chi connectivity index (χ4n) is 2.67. The van der Waals surface area contributed by atoms with Crippen LogP contribution in [0.15, 0.2) is 60.7 Å². The van der Waals surface area contributed by atoms with Crippen LogP contribution < -0.4 is 14.8 Å². The van der Waals surface area contributed by atoms with Crippen LogP contribution in [0.3, 0.4) is 0 Å². The van der Waals surface area contributed by atoms with E-state index in [0.717, 1.165) is 23.4 Å². The van der Waals surface area contributed by atoms with Gasteiger partial charge in [-0.25, -0.2) is 0 Å². The van der Waals surface area contributed by atoms with Crippen LogP contribution in [0, 0.1) is 0 Å². The minimum absolute atomic E-state index is 0.164. The quantitative estimate of drug-likeness (QED) is 0.349. The lowest BCUT2D eigenvalue weighted by molar-refractivity contribution is 0.102. The number of unbranched alkanes of at least 4 members (excludes halogenated alkanes) is 4. The smallest absolute Gasteiger partial charge is 0.255 e. The summed E-state index contributed by atoms with van der Waals surface area (Å²) in [5.41, 5.74) is 2.24. The molecule has 0 spiro atoms. The third kappa shape index (κ3) is 7.87. The number of carbonyl (C=O) groups excluding carboxylic acids is 1. The van der Waals surface area contributed by atoms with Crippen LogP contribution in [0.25, 0.3) is 0 Å². The molecule has 0 fully saturated rings. The first kappa shape index (κ1) is 21.5. The van der Waals surface area contributed by atoms with Gasteiger partial charge in [0, 0.05) is 17.3 Å². The topological polar surface area (TPSA) is 47.6 Å². The van der Waals surface area contributed by atoms with Gasteiger partial charge in [0.1, 0.15) is 18.1 Å². The number of nitrogens with one attached hydrogen (secondary N) is 1. The van der Waals surface area contributed by atoms with Gasteiger partial charge in [-0.1, -0.05) is 45.3 Å². The van der Waals surface area contributed by atoms with E-state index in [1.807, 2.05) is 31.2 Å². The highest BCUT2D eigenvalue weighted by Crippen LogP contribution is 2.19. The van der Waals surface area contributed by atoms with Crippen LogP contribution in [0.1, 0.15) is 56.3 Å². The molecule has 0 saturated heterocycles. The average Bonchev–Trinajstić information content (AvgIpc) is 2.69. The van der Waals surface area contributed by atoms with E-state index in [0.29, 0.717) is 24.5 Å². The molecule has 0 aliphatic carbocycles. The third-order valence-corrected chi connectivity index (χ3v) is 4.21. The molecule has 2 aromatic rings. The van der Waals surface area contributed by atoms with E-state index in [9.17, 15) is 4.79 Å².